The van der Waals surface area contributed by atoms with Crippen LogP contribution in [0.25, 0.3) is 10.9 Å². The third kappa shape index (κ3) is 4.42. The highest BCUT2D eigenvalue weighted by atomic mass is 16.5. The lowest BCUT2D eigenvalue weighted by Crippen LogP contribution is -2.32. The van der Waals surface area contributed by atoms with Gasteiger partial charge in [0, 0.05) is 23.2 Å². The second-order valence-electron chi connectivity index (χ2n) is 6.87. The summed E-state index contributed by atoms with van der Waals surface area (Å²) in [4.78, 5) is 30.0. The van der Waals surface area contributed by atoms with Crippen molar-refractivity contribution in [2.45, 2.75) is 40.2 Å². The number of amides is 1. The van der Waals surface area contributed by atoms with Crippen LogP contribution in [-0.2, 0) is 11.3 Å². The van der Waals surface area contributed by atoms with Crippen molar-refractivity contribution in [3.8, 4) is 5.75 Å². The third-order valence-corrected chi connectivity index (χ3v) is 4.63. The Bertz CT molecular complexity index is 1020. The molecule has 0 saturated heterocycles. The number of nitrogens with one attached hydrogen (secondary N) is 1. The van der Waals surface area contributed by atoms with Crippen LogP contribution in [-0.4, -0.2) is 17.5 Å². The summed E-state index contributed by atoms with van der Waals surface area (Å²) in [5.41, 5.74) is 3.05. The molecule has 0 atom stereocenters. The van der Waals surface area contributed by atoms with Gasteiger partial charge in [0.05, 0.1) is 13.2 Å². The van der Waals surface area contributed by atoms with Gasteiger partial charge in [0.25, 0.3) is 5.56 Å². The summed E-state index contributed by atoms with van der Waals surface area (Å²) in [6, 6.07) is 15.2. The van der Waals surface area contributed by atoms with E-state index in [2.05, 4.69) is 4.98 Å². The number of H-pyrrole nitrogens is 1. The van der Waals surface area contributed by atoms with Crippen molar-refractivity contribution in [3.05, 3.63) is 70.0 Å². The number of ether oxygens (including phenoxy) is 1. The molecule has 1 aromatic heterocycles. The van der Waals surface area contributed by atoms with Crippen LogP contribution in [0.1, 0.15) is 37.8 Å². The summed E-state index contributed by atoms with van der Waals surface area (Å²) in [5, 5.41) is 0.954. The van der Waals surface area contributed by atoms with Crippen molar-refractivity contribution < 1.29 is 9.53 Å². The maximum absolute atomic E-state index is 12.8. The van der Waals surface area contributed by atoms with E-state index in [1.807, 2.05) is 69.3 Å². The third-order valence-electron chi connectivity index (χ3n) is 4.63. The van der Waals surface area contributed by atoms with E-state index in [1.165, 1.54) is 0 Å². The van der Waals surface area contributed by atoms with E-state index in [-0.39, 0.29) is 18.0 Å². The Morgan fingerprint density at radius 3 is 2.50 bits per heavy atom. The van der Waals surface area contributed by atoms with Crippen LogP contribution in [0.3, 0.4) is 0 Å². The summed E-state index contributed by atoms with van der Waals surface area (Å²) < 4.78 is 5.49. The minimum atomic E-state index is -0.168. The summed E-state index contributed by atoms with van der Waals surface area (Å²) in [5.74, 6) is 0.753. The quantitative estimate of drug-likeness (QED) is 0.655. The molecular formula is C23H26N2O3. The molecule has 1 heterocycles. The maximum atomic E-state index is 12.8. The number of aryl methyl sites for hydroxylation is 1. The topological polar surface area (TPSA) is 62.4 Å². The molecule has 0 bridgehead atoms. The number of benzene rings is 2. The fourth-order valence-electron chi connectivity index (χ4n) is 3.21. The average molecular weight is 378 g/mol. The first-order valence-corrected chi connectivity index (χ1v) is 9.67. The van der Waals surface area contributed by atoms with Gasteiger partial charge in [-0.1, -0.05) is 19.1 Å². The van der Waals surface area contributed by atoms with Gasteiger partial charge in [0.15, 0.2) is 0 Å². The molecule has 1 amide bonds. The fraction of sp³-hybridized carbons (Fsp3) is 0.304. The molecule has 1 N–H and O–H groups in total. The molecule has 2 aromatic carbocycles. The number of anilines is 1. The predicted molar refractivity (Wildman–Crippen MR) is 113 cm³/mol. The van der Waals surface area contributed by atoms with Gasteiger partial charge >= 0.3 is 0 Å². The second kappa shape index (κ2) is 8.74. The van der Waals surface area contributed by atoms with E-state index in [4.69, 9.17) is 4.74 Å². The van der Waals surface area contributed by atoms with Crippen molar-refractivity contribution in [1.29, 1.82) is 0 Å². The number of carbonyl (C=O) groups is 1. The minimum Gasteiger partial charge on any atom is -0.494 e. The van der Waals surface area contributed by atoms with Crippen LogP contribution in [0, 0.1) is 6.92 Å². The van der Waals surface area contributed by atoms with Gasteiger partial charge in [-0.2, -0.15) is 0 Å². The standard InChI is InChI=1S/C23H26N2O3/c1-4-6-22(26)25(19-9-11-20(12-10-19)28-5-2)15-18-14-17-8-7-16(3)13-21(17)24-23(18)27/h7-14H,4-6,15H2,1-3H3,(H,24,27). The van der Waals surface area contributed by atoms with Gasteiger partial charge in [0.1, 0.15) is 5.75 Å². The van der Waals surface area contributed by atoms with Crippen molar-refractivity contribution in [1.82, 2.24) is 4.98 Å². The normalized spacial score (nSPS) is 10.8. The predicted octanol–water partition coefficient (Wildman–Crippen LogP) is 4.57. The van der Waals surface area contributed by atoms with E-state index in [0.29, 0.717) is 18.6 Å². The maximum Gasteiger partial charge on any atom is 0.253 e. The number of nitrogens with zero attached hydrogens (tertiary/aromatic N) is 1. The number of aromatic amines is 1. The van der Waals surface area contributed by atoms with Gasteiger partial charge in [-0.15, -0.1) is 0 Å². The SMILES string of the molecule is CCCC(=O)N(Cc1cc2ccc(C)cc2[nH]c1=O)c1ccc(OCC)cc1. The molecule has 3 aromatic rings. The van der Waals surface area contributed by atoms with Gasteiger partial charge in [-0.05, 0) is 67.6 Å². The second-order valence-corrected chi connectivity index (χ2v) is 6.87. The Kier molecular flexibility index (Phi) is 6.14. The molecule has 0 aliphatic heterocycles. The molecule has 5 nitrogen and oxygen atoms in total. The summed E-state index contributed by atoms with van der Waals surface area (Å²) in [6.07, 6.45) is 1.18. The molecule has 0 aliphatic carbocycles. The number of pyridine rings is 1. The monoisotopic (exact) mass is 378 g/mol. The number of hydrogen-bond acceptors (Lipinski definition) is 3. The number of hydrogen-bond donors (Lipinski definition) is 1. The van der Waals surface area contributed by atoms with Crippen molar-refractivity contribution in [2.75, 3.05) is 11.5 Å². The summed E-state index contributed by atoms with van der Waals surface area (Å²) in [7, 11) is 0. The Hall–Kier alpha value is -3.08. The first-order valence-electron chi connectivity index (χ1n) is 9.67. The smallest absolute Gasteiger partial charge is 0.253 e. The van der Waals surface area contributed by atoms with E-state index >= 15 is 0 Å². The summed E-state index contributed by atoms with van der Waals surface area (Å²) >= 11 is 0. The molecule has 0 aliphatic rings. The average Bonchev–Trinajstić information content (AvgIpc) is 2.67. The molecule has 0 unspecified atom stereocenters. The lowest BCUT2D eigenvalue weighted by molar-refractivity contribution is -0.118. The van der Waals surface area contributed by atoms with Crippen LogP contribution < -0.4 is 15.2 Å². The highest BCUT2D eigenvalue weighted by Gasteiger charge is 2.17. The lowest BCUT2D eigenvalue weighted by atomic mass is 10.1. The Morgan fingerprint density at radius 1 is 1.07 bits per heavy atom. The molecule has 5 heteroatoms. The van der Waals surface area contributed by atoms with Crippen LogP contribution in [0.2, 0.25) is 0 Å². The Morgan fingerprint density at radius 2 is 1.82 bits per heavy atom. The Balaban J connectivity index is 1.96. The largest absolute Gasteiger partial charge is 0.494 e. The molecule has 3 rings (SSSR count). The molecule has 28 heavy (non-hydrogen) atoms. The van der Waals surface area contributed by atoms with Crippen LogP contribution >= 0.6 is 0 Å². The number of aromatic nitrogens is 1. The van der Waals surface area contributed by atoms with Gasteiger partial charge < -0.3 is 14.6 Å². The summed E-state index contributed by atoms with van der Waals surface area (Å²) in [6.45, 7) is 6.70. The zero-order valence-corrected chi connectivity index (χ0v) is 16.6. The molecule has 0 spiro atoms. The Labute approximate surface area is 165 Å². The van der Waals surface area contributed by atoms with Gasteiger partial charge in [-0.25, -0.2) is 0 Å². The van der Waals surface area contributed by atoms with Gasteiger partial charge in [0.2, 0.25) is 5.91 Å². The molecule has 0 fully saturated rings. The minimum absolute atomic E-state index is 0.00457. The van der Waals surface area contributed by atoms with E-state index < -0.39 is 0 Å². The van der Waals surface area contributed by atoms with Crippen LogP contribution in [0.15, 0.2) is 53.3 Å². The fourth-order valence-corrected chi connectivity index (χ4v) is 3.21. The molecule has 146 valence electrons. The van der Waals surface area contributed by atoms with Crippen molar-refractivity contribution in [2.24, 2.45) is 0 Å². The van der Waals surface area contributed by atoms with Gasteiger partial charge in [-0.3, -0.25) is 9.59 Å². The highest BCUT2D eigenvalue weighted by Crippen LogP contribution is 2.23. The highest BCUT2D eigenvalue weighted by molar-refractivity contribution is 5.93. The zero-order valence-electron chi connectivity index (χ0n) is 16.6. The lowest BCUT2D eigenvalue weighted by Gasteiger charge is -2.23. The first-order chi connectivity index (χ1) is 13.5. The van der Waals surface area contributed by atoms with Crippen LogP contribution in [0.4, 0.5) is 5.69 Å². The van der Waals surface area contributed by atoms with E-state index in [9.17, 15) is 9.59 Å². The van der Waals surface area contributed by atoms with Crippen molar-refractivity contribution in [3.63, 3.8) is 0 Å². The van der Waals surface area contributed by atoms with E-state index in [0.717, 1.165) is 34.3 Å². The number of rotatable bonds is 7. The zero-order chi connectivity index (χ0) is 20.1. The molecule has 0 radical (unpaired) electrons. The van der Waals surface area contributed by atoms with Crippen LogP contribution in [0.5, 0.6) is 5.75 Å². The molecule has 0 saturated carbocycles. The van der Waals surface area contributed by atoms with E-state index in [1.54, 1.807) is 4.90 Å². The number of carbonyl (C=O) groups excluding carboxylic acids is 1. The number of fused-ring (bicyclic) bond motifs is 1. The van der Waals surface area contributed by atoms with Crippen molar-refractivity contribution >= 4 is 22.5 Å². The molecular weight excluding hydrogens is 352 g/mol. The first kappa shape index (κ1) is 19.7.